The SMILES string of the molecule is CCn1c2ccccc2c2cc(/C=C/C(=O)N(CCCOC)C3CCS(=O)(=O)C3)ccc21. The zero-order chi connectivity index (χ0) is 22.7. The van der Waals surface area contributed by atoms with Crippen LogP contribution >= 0.6 is 0 Å². The topological polar surface area (TPSA) is 68.6 Å². The molecule has 6 nitrogen and oxygen atoms in total. The lowest BCUT2D eigenvalue weighted by Crippen LogP contribution is -2.41. The molecule has 1 atom stereocenters. The van der Waals surface area contributed by atoms with Gasteiger partial charge in [0.2, 0.25) is 5.91 Å². The first kappa shape index (κ1) is 22.6. The highest BCUT2D eigenvalue weighted by Crippen LogP contribution is 2.30. The van der Waals surface area contributed by atoms with Gasteiger partial charge < -0.3 is 14.2 Å². The molecule has 170 valence electrons. The number of aryl methyl sites for hydroxylation is 1. The maximum atomic E-state index is 13.0. The number of hydrogen-bond donors (Lipinski definition) is 0. The van der Waals surface area contributed by atoms with Gasteiger partial charge in [-0.25, -0.2) is 8.42 Å². The Kier molecular flexibility index (Phi) is 6.67. The fourth-order valence-electron chi connectivity index (χ4n) is 4.65. The van der Waals surface area contributed by atoms with Gasteiger partial charge in [0.15, 0.2) is 9.84 Å². The molecule has 1 saturated heterocycles. The average Bonchev–Trinajstić information content (AvgIpc) is 3.31. The molecule has 0 bridgehead atoms. The zero-order valence-electron chi connectivity index (χ0n) is 18.7. The number of sulfone groups is 1. The second-order valence-electron chi connectivity index (χ2n) is 8.31. The number of benzene rings is 2. The molecule has 3 aromatic rings. The van der Waals surface area contributed by atoms with E-state index < -0.39 is 9.84 Å². The van der Waals surface area contributed by atoms with Crippen LogP contribution in [0.4, 0.5) is 0 Å². The Bertz CT molecular complexity index is 1260. The molecule has 0 N–H and O–H groups in total. The van der Waals surface area contributed by atoms with E-state index in [1.54, 1.807) is 18.1 Å². The van der Waals surface area contributed by atoms with Crippen molar-refractivity contribution in [3.05, 3.63) is 54.1 Å². The van der Waals surface area contributed by atoms with Gasteiger partial charge in [0.05, 0.1) is 11.5 Å². The summed E-state index contributed by atoms with van der Waals surface area (Å²) in [5.74, 6) is 0.0367. The van der Waals surface area contributed by atoms with Gasteiger partial charge in [-0.3, -0.25) is 4.79 Å². The first-order valence-corrected chi connectivity index (χ1v) is 12.9. The van der Waals surface area contributed by atoms with Crippen molar-refractivity contribution >= 4 is 43.6 Å². The van der Waals surface area contributed by atoms with E-state index in [1.165, 1.54) is 16.4 Å². The number of carbonyl (C=O) groups excluding carboxylic acids is 1. The highest BCUT2D eigenvalue weighted by Gasteiger charge is 2.33. The van der Waals surface area contributed by atoms with Crippen LogP contribution in [0.5, 0.6) is 0 Å². The molecule has 1 fully saturated rings. The number of methoxy groups -OCH3 is 1. The van der Waals surface area contributed by atoms with Crippen molar-refractivity contribution < 1.29 is 17.9 Å². The molecule has 7 heteroatoms. The van der Waals surface area contributed by atoms with Crippen molar-refractivity contribution in [1.82, 2.24) is 9.47 Å². The fraction of sp³-hybridized carbons (Fsp3) is 0.400. The lowest BCUT2D eigenvalue weighted by atomic mass is 10.1. The molecule has 1 aliphatic rings. The number of para-hydroxylation sites is 1. The minimum Gasteiger partial charge on any atom is -0.385 e. The van der Waals surface area contributed by atoms with Gasteiger partial charge in [0.1, 0.15) is 0 Å². The summed E-state index contributed by atoms with van der Waals surface area (Å²) in [6.45, 7) is 4.05. The van der Waals surface area contributed by atoms with Crippen LogP contribution in [0.2, 0.25) is 0 Å². The predicted octanol–water partition coefficient (Wildman–Crippen LogP) is 3.88. The number of nitrogens with zero attached hydrogens (tertiary/aromatic N) is 2. The van der Waals surface area contributed by atoms with Gasteiger partial charge in [-0.1, -0.05) is 24.3 Å². The predicted molar refractivity (Wildman–Crippen MR) is 129 cm³/mol. The number of carbonyl (C=O) groups is 1. The molecule has 0 spiro atoms. The highest BCUT2D eigenvalue weighted by molar-refractivity contribution is 7.91. The van der Waals surface area contributed by atoms with Gasteiger partial charge in [0.25, 0.3) is 0 Å². The van der Waals surface area contributed by atoms with Crippen molar-refractivity contribution in [2.75, 3.05) is 31.8 Å². The average molecular weight is 455 g/mol. The smallest absolute Gasteiger partial charge is 0.246 e. The fourth-order valence-corrected chi connectivity index (χ4v) is 6.38. The summed E-state index contributed by atoms with van der Waals surface area (Å²) in [5, 5.41) is 2.36. The van der Waals surface area contributed by atoms with Crippen LogP contribution in [0.25, 0.3) is 27.9 Å². The summed E-state index contributed by atoms with van der Waals surface area (Å²) in [7, 11) is -1.45. The summed E-state index contributed by atoms with van der Waals surface area (Å²) < 4.78 is 31.3. The van der Waals surface area contributed by atoms with E-state index in [4.69, 9.17) is 4.74 Å². The number of aromatic nitrogens is 1. The van der Waals surface area contributed by atoms with E-state index >= 15 is 0 Å². The van der Waals surface area contributed by atoms with Crippen molar-refractivity contribution in [1.29, 1.82) is 0 Å². The summed E-state index contributed by atoms with van der Waals surface area (Å²) in [4.78, 5) is 14.7. The van der Waals surface area contributed by atoms with E-state index in [-0.39, 0.29) is 23.5 Å². The molecular formula is C25H30N2O4S. The summed E-state index contributed by atoms with van der Waals surface area (Å²) in [6.07, 6.45) is 4.57. The third-order valence-electron chi connectivity index (χ3n) is 6.21. The van der Waals surface area contributed by atoms with Gasteiger partial charge in [0, 0.05) is 60.7 Å². The van der Waals surface area contributed by atoms with Crippen LogP contribution in [0.15, 0.2) is 48.5 Å². The van der Waals surface area contributed by atoms with Gasteiger partial charge in [-0.05, 0) is 49.6 Å². The Morgan fingerprint density at radius 2 is 1.97 bits per heavy atom. The van der Waals surface area contributed by atoms with E-state index in [1.807, 2.05) is 24.3 Å². The van der Waals surface area contributed by atoms with Gasteiger partial charge in [-0.2, -0.15) is 0 Å². The first-order valence-electron chi connectivity index (χ1n) is 11.1. The van der Waals surface area contributed by atoms with Crippen molar-refractivity contribution in [3.63, 3.8) is 0 Å². The molecule has 1 unspecified atom stereocenters. The first-order chi connectivity index (χ1) is 15.4. The molecule has 1 amide bonds. The van der Waals surface area contributed by atoms with Crippen LogP contribution < -0.4 is 0 Å². The molecule has 0 radical (unpaired) electrons. The van der Waals surface area contributed by atoms with Crippen LogP contribution in [-0.4, -0.2) is 61.6 Å². The molecule has 1 aliphatic heterocycles. The molecule has 0 aliphatic carbocycles. The molecule has 1 aromatic heterocycles. The van der Waals surface area contributed by atoms with Crippen LogP contribution in [-0.2, 0) is 25.9 Å². The number of amides is 1. The Labute approximate surface area is 189 Å². The largest absolute Gasteiger partial charge is 0.385 e. The second kappa shape index (κ2) is 9.46. The summed E-state index contributed by atoms with van der Waals surface area (Å²) >= 11 is 0. The van der Waals surface area contributed by atoms with Crippen LogP contribution in [0, 0.1) is 0 Å². The zero-order valence-corrected chi connectivity index (χ0v) is 19.5. The Morgan fingerprint density at radius 1 is 1.19 bits per heavy atom. The molecule has 2 heterocycles. The monoisotopic (exact) mass is 454 g/mol. The summed E-state index contributed by atoms with van der Waals surface area (Å²) in [5.41, 5.74) is 3.32. The van der Waals surface area contributed by atoms with Crippen LogP contribution in [0.3, 0.4) is 0 Å². The van der Waals surface area contributed by atoms with E-state index in [9.17, 15) is 13.2 Å². The lowest BCUT2D eigenvalue weighted by Gasteiger charge is -2.27. The lowest BCUT2D eigenvalue weighted by molar-refractivity contribution is -0.127. The number of rotatable bonds is 8. The molecular weight excluding hydrogens is 424 g/mol. The van der Waals surface area contributed by atoms with E-state index in [2.05, 4.69) is 35.8 Å². The van der Waals surface area contributed by atoms with E-state index in [0.717, 1.165) is 17.5 Å². The molecule has 32 heavy (non-hydrogen) atoms. The number of hydrogen-bond acceptors (Lipinski definition) is 4. The van der Waals surface area contributed by atoms with Crippen molar-refractivity contribution in [3.8, 4) is 0 Å². The second-order valence-corrected chi connectivity index (χ2v) is 10.5. The molecule has 4 rings (SSSR count). The van der Waals surface area contributed by atoms with Gasteiger partial charge in [-0.15, -0.1) is 0 Å². The maximum Gasteiger partial charge on any atom is 0.246 e. The Hall–Kier alpha value is -2.64. The third kappa shape index (κ3) is 4.59. The number of fused-ring (bicyclic) bond motifs is 3. The van der Waals surface area contributed by atoms with Gasteiger partial charge >= 0.3 is 0 Å². The maximum absolute atomic E-state index is 13.0. The van der Waals surface area contributed by atoms with Crippen LogP contribution in [0.1, 0.15) is 25.3 Å². The minimum atomic E-state index is -3.07. The van der Waals surface area contributed by atoms with E-state index in [0.29, 0.717) is 26.0 Å². The van der Waals surface area contributed by atoms with Crippen molar-refractivity contribution in [2.45, 2.75) is 32.4 Å². The number of ether oxygens (including phenoxy) is 1. The standard InChI is InChI=1S/C25H30N2O4S/c1-3-26-23-8-5-4-7-21(23)22-17-19(9-11-24(22)26)10-12-25(28)27(14-6-15-31-2)20-13-16-32(29,30)18-20/h4-5,7-12,17,20H,3,6,13-16,18H2,1-2H3/b12-10+. The minimum absolute atomic E-state index is 0.0437. The summed E-state index contributed by atoms with van der Waals surface area (Å²) in [6, 6.07) is 14.3. The van der Waals surface area contributed by atoms with Crippen molar-refractivity contribution in [2.24, 2.45) is 0 Å². The third-order valence-corrected chi connectivity index (χ3v) is 7.96. The Balaban J connectivity index is 1.60. The normalized spacial score (nSPS) is 18.1. The quantitative estimate of drug-likeness (QED) is 0.383. The molecule has 2 aromatic carbocycles. The Morgan fingerprint density at radius 3 is 2.69 bits per heavy atom. The highest BCUT2D eigenvalue weighted by atomic mass is 32.2. The molecule has 0 saturated carbocycles.